The van der Waals surface area contributed by atoms with E-state index in [0.717, 1.165) is 61.2 Å². The lowest BCUT2D eigenvalue weighted by molar-refractivity contribution is -0.192. The van der Waals surface area contributed by atoms with Gasteiger partial charge in [0.2, 0.25) is 5.89 Å². The second-order valence-corrected chi connectivity index (χ2v) is 9.87. The van der Waals surface area contributed by atoms with Crippen LogP contribution in [0.5, 0.6) is 0 Å². The number of nitrogens with two attached hydrogens (primary N) is 1. The van der Waals surface area contributed by atoms with Crippen molar-refractivity contribution in [1.29, 1.82) is 0 Å². The lowest BCUT2D eigenvalue weighted by Gasteiger charge is -2.28. The summed E-state index contributed by atoms with van der Waals surface area (Å²) in [7, 11) is 0. The third-order valence-corrected chi connectivity index (χ3v) is 7.10. The molecule has 2 fully saturated rings. The van der Waals surface area contributed by atoms with Gasteiger partial charge in [-0.2, -0.15) is 18.3 Å². The van der Waals surface area contributed by atoms with Crippen LogP contribution < -0.4 is 16.0 Å². The Balaban J connectivity index is 0.000000411. The number of carboxylic acid groups (broad SMARTS) is 1. The molecule has 2 aliphatic heterocycles. The number of hydrogen-bond acceptors (Lipinski definition) is 8. The molecular formula is C27H30F3N7O3. The van der Waals surface area contributed by atoms with Crippen LogP contribution in [0.25, 0.3) is 33.7 Å². The maximum absolute atomic E-state index is 10.6. The molecule has 212 valence electrons. The molecule has 0 saturated carbocycles. The fourth-order valence-electron chi connectivity index (χ4n) is 4.94. The largest absolute Gasteiger partial charge is 0.490 e. The summed E-state index contributed by atoms with van der Waals surface area (Å²) in [5, 5.41) is 15.1. The third kappa shape index (κ3) is 6.19. The van der Waals surface area contributed by atoms with Crippen LogP contribution in [0, 0.1) is 0 Å². The van der Waals surface area contributed by atoms with E-state index < -0.39 is 12.1 Å². The lowest BCUT2D eigenvalue weighted by atomic mass is 10.1. The number of nitrogen functional groups attached to an aromatic ring is 1. The molecule has 2 aliphatic rings. The van der Waals surface area contributed by atoms with Gasteiger partial charge in [-0.15, -0.1) is 0 Å². The van der Waals surface area contributed by atoms with Gasteiger partial charge >= 0.3 is 12.1 Å². The molecule has 0 spiro atoms. The molecule has 0 radical (unpaired) electrons. The predicted molar refractivity (Wildman–Crippen MR) is 144 cm³/mol. The molecule has 10 nitrogen and oxygen atoms in total. The molecule has 0 bridgehead atoms. The SMILES string of the molecule is Nc1ncc(-c2cnn(C3CCNCC3)c2)cc1-c1nc2ccc(N3CCCCC3)cc2o1.O=C(O)C(F)(F)F. The quantitative estimate of drug-likeness (QED) is 0.321. The van der Waals surface area contributed by atoms with Crippen molar-refractivity contribution in [2.75, 3.05) is 36.8 Å². The lowest BCUT2D eigenvalue weighted by Crippen LogP contribution is -2.29. The third-order valence-electron chi connectivity index (χ3n) is 7.10. The monoisotopic (exact) mass is 557 g/mol. The van der Waals surface area contributed by atoms with Gasteiger partial charge in [-0.1, -0.05) is 0 Å². The number of carboxylic acids is 1. The number of rotatable bonds is 4. The van der Waals surface area contributed by atoms with Crippen LogP contribution in [-0.4, -0.2) is 63.2 Å². The van der Waals surface area contributed by atoms with Crippen molar-refractivity contribution in [3.05, 3.63) is 42.9 Å². The molecular weight excluding hydrogens is 527 g/mol. The first-order valence-corrected chi connectivity index (χ1v) is 13.2. The smallest absolute Gasteiger partial charge is 0.475 e. The number of nitrogens with one attached hydrogen (secondary N) is 1. The molecule has 6 rings (SSSR count). The molecule has 0 unspecified atom stereocenters. The molecule has 5 heterocycles. The van der Waals surface area contributed by atoms with Crippen molar-refractivity contribution >= 4 is 28.6 Å². The zero-order valence-corrected chi connectivity index (χ0v) is 21.7. The summed E-state index contributed by atoms with van der Waals surface area (Å²) in [5.74, 6) is -1.85. The van der Waals surface area contributed by atoms with Gasteiger partial charge in [0.15, 0.2) is 5.58 Å². The summed E-state index contributed by atoms with van der Waals surface area (Å²) in [6.45, 7) is 4.25. The minimum atomic E-state index is -5.08. The number of hydrogen-bond donors (Lipinski definition) is 3. The molecule has 3 aromatic heterocycles. The van der Waals surface area contributed by atoms with Crippen molar-refractivity contribution in [2.24, 2.45) is 0 Å². The highest BCUT2D eigenvalue weighted by Crippen LogP contribution is 2.33. The van der Waals surface area contributed by atoms with Gasteiger partial charge in [-0.3, -0.25) is 4.68 Å². The number of nitrogens with zero attached hydrogens (tertiary/aromatic N) is 5. The molecule has 4 N–H and O–H groups in total. The second-order valence-electron chi connectivity index (χ2n) is 9.87. The van der Waals surface area contributed by atoms with Gasteiger partial charge in [0.05, 0.1) is 17.8 Å². The minimum absolute atomic E-state index is 0.410. The van der Waals surface area contributed by atoms with Gasteiger partial charge in [0.25, 0.3) is 0 Å². The van der Waals surface area contributed by atoms with Crippen molar-refractivity contribution < 1.29 is 27.5 Å². The van der Waals surface area contributed by atoms with E-state index >= 15 is 0 Å². The Morgan fingerprint density at radius 2 is 1.80 bits per heavy atom. The Morgan fingerprint density at radius 3 is 2.50 bits per heavy atom. The molecule has 0 amide bonds. The van der Waals surface area contributed by atoms with E-state index in [4.69, 9.17) is 25.0 Å². The first-order chi connectivity index (χ1) is 19.2. The Morgan fingerprint density at radius 1 is 1.07 bits per heavy atom. The number of halogens is 3. The number of aliphatic carboxylic acids is 1. The van der Waals surface area contributed by atoms with Crippen molar-refractivity contribution in [1.82, 2.24) is 25.1 Å². The second kappa shape index (κ2) is 11.5. The average Bonchev–Trinajstić information content (AvgIpc) is 3.62. The Kier molecular flexibility index (Phi) is 7.92. The van der Waals surface area contributed by atoms with Gasteiger partial charge in [-0.25, -0.2) is 14.8 Å². The standard InChI is InChI=1S/C25H29N7O.C2HF3O2/c26-24-21(12-17(14-28-24)18-15-29-32(16-18)19-6-8-27-9-7-19)25-30-22-5-4-20(13-23(22)33-25)31-10-2-1-3-11-31;3-2(4,5)1(6)7/h4-5,12-16,19,27H,1-3,6-11H2,(H2,26,28);(H,6,7). The maximum atomic E-state index is 10.6. The van der Waals surface area contributed by atoms with E-state index in [2.05, 4.69) is 43.3 Å². The van der Waals surface area contributed by atoms with Crippen LogP contribution in [-0.2, 0) is 4.79 Å². The summed E-state index contributed by atoms with van der Waals surface area (Å²) in [6.07, 6.45) is 6.68. The number of aromatic nitrogens is 4. The Labute approximate surface area is 228 Å². The molecule has 0 aliphatic carbocycles. The summed E-state index contributed by atoms with van der Waals surface area (Å²) in [5.41, 5.74) is 11.7. The number of alkyl halides is 3. The molecule has 2 saturated heterocycles. The van der Waals surface area contributed by atoms with Gasteiger partial charge in [-0.05, 0) is 63.4 Å². The van der Waals surface area contributed by atoms with Crippen molar-refractivity contribution in [2.45, 2.75) is 44.3 Å². The highest BCUT2D eigenvalue weighted by Gasteiger charge is 2.38. The first kappa shape index (κ1) is 27.4. The topological polar surface area (TPSA) is 135 Å². The highest BCUT2D eigenvalue weighted by molar-refractivity contribution is 5.83. The van der Waals surface area contributed by atoms with Gasteiger partial charge in [0.1, 0.15) is 11.3 Å². The number of fused-ring (bicyclic) bond motifs is 1. The molecule has 13 heteroatoms. The van der Waals surface area contributed by atoms with E-state index in [0.29, 0.717) is 23.3 Å². The normalized spacial score (nSPS) is 16.5. The van der Waals surface area contributed by atoms with Crippen LogP contribution in [0.3, 0.4) is 0 Å². The number of oxazole rings is 1. The van der Waals surface area contributed by atoms with Crippen LogP contribution in [0.2, 0.25) is 0 Å². The Bertz CT molecular complexity index is 1470. The fourth-order valence-corrected chi connectivity index (χ4v) is 4.94. The zero-order chi connectivity index (χ0) is 28.3. The van der Waals surface area contributed by atoms with Gasteiger partial charge in [0, 0.05) is 48.4 Å². The molecule has 1 aromatic carbocycles. The van der Waals surface area contributed by atoms with E-state index in [-0.39, 0.29) is 0 Å². The number of piperidine rings is 2. The van der Waals surface area contributed by atoms with E-state index in [9.17, 15) is 13.2 Å². The summed E-state index contributed by atoms with van der Waals surface area (Å²) >= 11 is 0. The maximum Gasteiger partial charge on any atom is 0.490 e. The number of carbonyl (C=O) groups is 1. The molecule has 4 aromatic rings. The predicted octanol–water partition coefficient (Wildman–Crippen LogP) is 4.88. The number of benzene rings is 1. The summed E-state index contributed by atoms with van der Waals surface area (Å²) < 4.78 is 40.0. The van der Waals surface area contributed by atoms with Crippen molar-refractivity contribution in [3.8, 4) is 22.6 Å². The minimum Gasteiger partial charge on any atom is -0.475 e. The highest BCUT2D eigenvalue weighted by atomic mass is 19.4. The molecule has 0 atom stereocenters. The van der Waals surface area contributed by atoms with E-state index in [1.165, 1.54) is 24.9 Å². The van der Waals surface area contributed by atoms with Crippen LogP contribution in [0.4, 0.5) is 24.7 Å². The van der Waals surface area contributed by atoms with E-state index in [1.807, 2.05) is 18.3 Å². The van der Waals surface area contributed by atoms with Gasteiger partial charge < -0.3 is 25.5 Å². The number of pyridine rings is 1. The average molecular weight is 558 g/mol. The molecule has 40 heavy (non-hydrogen) atoms. The van der Waals surface area contributed by atoms with Crippen LogP contribution in [0.1, 0.15) is 38.1 Å². The Hall–Kier alpha value is -4.13. The summed E-state index contributed by atoms with van der Waals surface area (Å²) in [6, 6.07) is 8.69. The summed E-state index contributed by atoms with van der Waals surface area (Å²) in [4.78, 5) is 20.5. The van der Waals surface area contributed by atoms with Crippen LogP contribution >= 0.6 is 0 Å². The number of anilines is 2. The zero-order valence-electron chi connectivity index (χ0n) is 21.7. The van der Waals surface area contributed by atoms with E-state index in [1.54, 1.807) is 6.20 Å². The van der Waals surface area contributed by atoms with Crippen molar-refractivity contribution in [3.63, 3.8) is 0 Å². The van der Waals surface area contributed by atoms with Crippen LogP contribution in [0.15, 0.2) is 47.3 Å². The fraction of sp³-hybridized carbons (Fsp3) is 0.407. The first-order valence-electron chi connectivity index (χ1n) is 13.2.